The van der Waals surface area contributed by atoms with Crippen LogP contribution in [0.5, 0.6) is 0 Å². The molecule has 1 rings (SSSR count). The van der Waals surface area contributed by atoms with E-state index in [4.69, 9.17) is 10.8 Å². The summed E-state index contributed by atoms with van der Waals surface area (Å²) >= 11 is 0. The van der Waals surface area contributed by atoms with E-state index in [0.29, 0.717) is 6.42 Å². The molecule has 0 amide bonds. The van der Waals surface area contributed by atoms with Crippen LogP contribution in [0.1, 0.15) is 5.56 Å². The number of anilines is 1. The number of carboxylic acids is 1. The number of carbonyl (C=O) groups is 1. The summed E-state index contributed by atoms with van der Waals surface area (Å²) in [4.78, 5) is 10.5. The summed E-state index contributed by atoms with van der Waals surface area (Å²) in [5.74, 6) is -0.970. The molecule has 0 radical (unpaired) electrons. The summed E-state index contributed by atoms with van der Waals surface area (Å²) in [5, 5.41) is 11.6. The zero-order chi connectivity index (χ0) is 10.6. The molecule has 0 bridgehead atoms. The lowest BCUT2D eigenvalue weighted by Gasteiger charge is -2.07. The fourth-order valence-corrected chi connectivity index (χ4v) is 1.15. The van der Waals surface area contributed by atoms with E-state index in [2.05, 4.69) is 5.32 Å². The molecule has 0 spiro atoms. The van der Waals surface area contributed by atoms with Gasteiger partial charge in [-0.15, -0.1) is 24.8 Å². The van der Waals surface area contributed by atoms with Crippen LogP contribution in [0.25, 0.3) is 0 Å². The van der Waals surface area contributed by atoms with Gasteiger partial charge < -0.3 is 16.2 Å². The number of carboxylic acid groups (broad SMARTS) is 1. The smallest absolute Gasteiger partial charge is 0.320 e. The van der Waals surface area contributed by atoms with Gasteiger partial charge in [0.05, 0.1) is 0 Å². The van der Waals surface area contributed by atoms with E-state index >= 15 is 0 Å². The van der Waals surface area contributed by atoms with Gasteiger partial charge in [-0.2, -0.15) is 0 Å². The van der Waals surface area contributed by atoms with Crippen LogP contribution in [0.15, 0.2) is 24.3 Å². The highest BCUT2D eigenvalue weighted by molar-refractivity contribution is 5.85. The summed E-state index contributed by atoms with van der Waals surface area (Å²) in [6, 6.07) is 6.70. The third-order valence-corrected chi connectivity index (χ3v) is 2.02. The molecule has 92 valence electrons. The Labute approximate surface area is 107 Å². The number of hydrogen-bond acceptors (Lipinski definition) is 3. The van der Waals surface area contributed by atoms with Gasteiger partial charge in [0.15, 0.2) is 0 Å². The number of nitrogens with one attached hydrogen (secondary N) is 1. The van der Waals surface area contributed by atoms with Crippen molar-refractivity contribution < 1.29 is 9.90 Å². The van der Waals surface area contributed by atoms with E-state index in [1.54, 1.807) is 0 Å². The molecular weight excluding hydrogens is 251 g/mol. The minimum absolute atomic E-state index is 0. The third kappa shape index (κ3) is 5.21. The average molecular weight is 267 g/mol. The molecule has 1 aromatic rings. The Morgan fingerprint density at radius 2 is 1.88 bits per heavy atom. The van der Waals surface area contributed by atoms with Crippen molar-refractivity contribution in [2.45, 2.75) is 12.5 Å². The molecule has 0 heterocycles. The van der Waals surface area contributed by atoms with Crippen LogP contribution < -0.4 is 11.1 Å². The molecule has 0 aliphatic carbocycles. The number of aliphatic carboxylic acids is 1. The van der Waals surface area contributed by atoms with Gasteiger partial charge in [0, 0.05) is 12.7 Å². The Balaban J connectivity index is 0. The number of benzene rings is 1. The van der Waals surface area contributed by atoms with E-state index in [-0.39, 0.29) is 24.8 Å². The summed E-state index contributed by atoms with van der Waals surface area (Å²) in [7, 11) is 1.83. The molecule has 1 atom stereocenters. The van der Waals surface area contributed by atoms with E-state index < -0.39 is 12.0 Å². The van der Waals surface area contributed by atoms with Crippen LogP contribution in [0.3, 0.4) is 0 Å². The van der Waals surface area contributed by atoms with Crippen molar-refractivity contribution in [2.75, 3.05) is 12.4 Å². The van der Waals surface area contributed by atoms with Crippen LogP contribution in [0.2, 0.25) is 0 Å². The normalized spacial score (nSPS) is 10.6. The molecule has 4 N–H and O–H groups in total. The first-order valence-electron chi connectivity index (χ1n) is 4.38. The Morgan fingerprint density at radius 3 is 2.25 bits per heavy atom. The highest BCUT2D eigenvalue weighted by Gasteiger charge is 2.11. The fourth-order valence-electron chi connectivity index (χ4n) is 1.15. The molecule has 0 aliphatic rings. The summed E-state index contributed by atoms with van der Waals surface area (Å²) in [6.07, 6.45) is 0.360. The molecule has 4 nitrogen and oxygen atoms in total. The zero-order valence-electron chi connectivity index (χ0n) is 8.84. The van der Waals surface area contributed by atoms with Gasteiger partial charge in [-0.3, -0.25) is 4.79 Å². The van der Waals surface area contributed by atoms with Gasteiger partial charge in [0.25, 0.3) is 0 Å². The van der Waals surface area contributed by atoms with Crippen molar-refractivity contribution in [3.05, 3.63) is 29.8 Å². The molecule has 0 unspecified atom stereocenters. The Morgan fingerprint density at radius 1 is 1.38 bits per heavy atom. The van der Waals surface area contributed by atoms with Gasteiger partial charge >= 0.3 is 5.97 Å². The first-order valence-corrected chi connectivity index (χ1v) is 4.38. The van der Waals surface area contributed by atoms with Crippen LogP contribution in [0.4, 0.5) is 5.69 Å². The van der Waals surface area contributed by atoms with E-state index in [1.165, 1.54) is 0 Å². The van der Waals surface area contributed by atoms with Crippen molar-refractivity contribution in [2.24, 2.45) is 5.73 Å². The molecule has 0 saturated heterocycles. The van der Waals surface area contributed by atoms with Crippen LogP contribution in [0, 0.1) is 0 Å². The second-order valence-corrected chi connectivity index (χ2v) is 3.10. The van der Waals surface area contributed by atoms with E-state index in [1.807, 2.05) is 31.3 Å². The topological polar surface area (TPSA) is 75.3 Å². The molecule has 0 aliphatic heterocycles. The summed E-state index contributed by atoms with van der Waals surface area (Å²) < 4.78 is 0. The number of rotatable bonds is 4. The minimum Gasteiger partial charge on any atom is -0.480 e. The van der Waals surface area contributed by atoms with Crippen molar-refractivity contribution >= 4 is 36.5 Å². The zero-order valence-corrected chi connectivity index (χ0v) is 10.5. The second kappa shape index (κ2) is 8.21. The van der Waals surface area contributed by atoms with Crippen molar-refractivity contribution in [1.82, 2.24) is 0 Å². The first-order chi connectivity index (χ1) is 6.63. The van der Waals surface area contributed by atoms with Gasteiger partial charge in [0.1, 0.15) is 6.04 Å². The highest BCUT2D eigenvalue weighted by Crippen LogP contribution is 2.09. The predicted molar refractivity (Wildman–Crippen MR) is 69.8 cm³/mol. The molecule has 6 heteroatoms. The molecule has 16 heavy (non-hydrogen) atoms. The average Bonchev–Trinajstić information content (AvgIpc) is 2.19. The van der Waals surface area contributed by atoms with Crippen molar-refractivity contribution in [1.29, 1.82) is 0 Å². The lowest BCUT2D eigenvalue weighted by Crippen LogP contribution is -2.32. The van der Waals surface area contributed by atoms with Crippen LogP contribution in [-0.2, 0) is 11.2 Å². The quantitative estimate of drug-likeness (QED) is 0.773. The maximum atomic E-state index is 10.5. The Kier molecular flexibility index (Phi) is 8.95. The van der Waals surface area contributed by atoms with Gasteiger partial charge in [-0.25, -0.2) is 0 Å². The van der Waals surface area contributed by atoms with Crippen molar-refractivity contribution in [3.63, 3.8) is 0 Å². The monoisotopic (exact) mass is 266 g/mol. The van der Waals surface area contributed by atoms with Gasteiger partial charge in [0.2, 0.25) is 0 Å². The maximum absolute atomic E-state index is 10.5. The van der Waals surface area contributed by atoms with E-state index in [9.17, 15) is 4.79 Å². The number of hydrogen-bond donors (Lipinski definition) is 3. The summed E-state index contributed by atoms with van der Waals surface area (Å²) in [5.41, 5.74) is 7.33. The maximum Gasteiger partial charge on any atom is 0.320 e. The lowest BCUT2D eigenvalue weighted by atomic mass is 10.1. The largest absolute Gasteiger partial charge is 0.480 e. The first kappa shape index (κ1) is 17.4. The second-order valence-electron chi connectivity index (χ2n) is 3.10. The van der Waals surface area contributed by atoms with Gasteiger partial charge in [-0.05, 0) is 24.1 Å². The molecular formula is C10H16Cl2N2O2. The fraction of sp³-hybridized carbons (Fsp3) is 0.300. The minimum atomic E-state index is -0.970. The lowest BCUT2D eigenvalue weighted by molar-refractivity contribution is -0.138. The molecule has 0 saturated carbocycles. The molecule has 0 aromatic heterocycles. The SMILES string of the molecule is CNc1ccc(C[C@@H](N)C(=O)O)cc1.Cl.Cl. The van der Waals surface area contributed by atoms with Crippen molar-refractivity contribution in [3.8, 4) is 0 Å². The molecule has 1 aromatic carbocycles. The van der Waals surface area contributed by atoms with Crippen LogP contribution >= 0.6 is 24.8 Å². The number of halogens is 2. The van der Waals surface area contributed by atoms with Gasteiger partial charge in [-0.1, -0.05) is 12.1 Å². The predicted octanol–water partition coefficient (Wildman–Crippen LogP) is 1.53. The van der Waals surface area contributed by atoms with Crippen LogP contribution in [-0.4, -0.2) is 24.2 Å². The third-order valence-electron chi connectivity index (χ3n) is 2.02. The summed E-state index contributed by atoms with van der Waals surface area (Å²) in [6.45, 7) is 0. The standard InChI is InChI=1S/C10H14N2O2.2ClH/c1-12-8-4-2-7(3-5-8)6-9(11)10(13)14;;/h2-5,9,12H,6,11H2,1H3,(H,13,14);2*1H/t9-;;/m1../s1. The highest BCUT2D eigenvalue weighted by atomic mass is 35.5. The number of nitrogens with two attached hydrogens (primary N) is 1. The Bertz CT molecular complexity index is 317. The van der Waals surface area contributed by atoms with E-state index in [0.717, 1.165) is 11.3 Å². The Hall–Kier alpha value is -0.970. The molecule has 0 fully saturated rings.